The van der Waals surface area contributed by atoms with E-state index in [0.29, 0.717) is 23.7 Å². The van der Waals surface area contributed by atoms with Gasteiger partial charge in [-0.05, 0) is 31.0 Å². The number of hydrogen-bond donors (Lipinski definition) is 2. The predicted octanol–water partition coefficient (Wildman–Crippen LogP) is 1.85. The second kappa shape index (κ2) is 6.40. The van der Waals surface area contributed by atoms with Gasteiger partial charge < -0.3 is 5.73 Å². The Balaban J connectivity index is 2.15. The van der Waals surface area contributed by atoms with Gasteiger partial charge in [-0.1, -0.05) is 36.5 Å². The summed E-state index contributed by atoms with van der Waals surface area (Å²) in [5.74, 6) is -0.164. The number of carbonyl (C=O) groups is 1. The van der Waals surface area contributed by atoms with Gasteiger partial charge in [-0.15, -0.1) is 10.2 Å². The number of benzene rings is 1. The minimum Gasteiger partial charge on any atom is -0.330 e. The summed E-state index contributed by atoms with van der Waals surface area (Å²) in [6.45, 7) is 2.52. The Morgan fingerprint density at radius 3 is 2.84 bits per heavy atom. The maximum atomic E-state index is 12.2. The van der Waals surface area contributed by atoms with Crippen LogP contribution < -0.4 is 11.1 Å². The van der Waals surface area contributed by atoms with E-state index in [1.54, 1.807) is 6.07 Å². The molecule has 6 heteroatoms. The molecule has 0 fully saturated rings. The minimum atomic E-state index is -0.164. The van der Waals surface area contributed by atoms with E-state index in [1.165, 1.54) is 11.3 Å². The van der Waals surface area contributed by atoms with Crippen LogP contribution in [0.5, 0.6) is 0 Å². The van der Waals surface area contributed by atoms with Crippen molar-refractivity contribution in [3.05, 3.63) is 40.4 Å². The van der Waals surface area contributed by atoms with Crippen LogP contribution in [0.25, 0.3) is 0 Å². The topological polar surface area (TPSA) is 80.9 Å². The van der Waals surface area contributed by atoms with Crippen LogP contribution >= 0.6 is 11.3 Å². The van der Waals surface area contributed by atoms with Crippen molar-refractivity contribution in [2.75, 3.05) is 11.9 Å². The molecule has 0 aliphatic carbocycles. The average molecular weight is 276 g/mol. The first kappa shape index (κ1) is 13.6. The van der Waals surface area contributed by atoms with Gasteiger partial charge in [0, 0.05) is 5.56 Å². The van der Waals surface area contributed by atoms with Gasteiger partial charge in [0.1, 0.15) is 5.01 Å². The number of nitrogens with one attached hydrogen (secondary N) is 1. The van der Waals surface area contributed by atoms with Crippen molar-refractivity contribution in [3.8, 4) is 0 Å². The van der Waals surface area contributed by atoms with Crippen LogP contribution in [0.3, 0.4) is 0 Å². The molecule has 0 bridgehead atoms. The Morgan fingerprint density at radius 2 is 2.16 bits per heavy atom. The molecule has 0 unspecified atom stereocenters. The van der Waals surface area contributed by atoms with Crippen LogP contribution in [-0.2, 0) is 12.8 Å². The number of nitrogens with two attached hydrogens (primary N) is 1. The first-order valence-electron chi connectivity index (χ1n) is 6.16. The molecular formula is C13H16N4OS. The van der Waals surface area contributed by atoms with E-state index in [0.717, 1.165) is 17.0 Å². The van der Waals surface area contributed by atoms with E-state index in [4.69, 9.17) is 5.73 Å². The number of rotatable bonds is 5. The zero-order valence-electron chi connectivity index (χ0n) is 10.7. The molecule has 2 aromatic rings. The molecule has 2 rings (SSSR count). The van der Waals surface area contributed by atoms with E-state index in [1.807, 2.05) is 25.1 Å². The lowest BCUT2D eigenvalue weighted by Gasteiger charge is -2.07. The van der Waals surface area contributed by atoms with Crippen LogP contribution in [0.15, 0.2) is 24.3 Å². The van der Waals surface area contributed by atoms with Crippen LogP contribution in [0, 0.1) is 0 Å². The van der Waals surface area contributed by atoms with E-state index >= 15 is 0 Å². The Labute approximate surface area is 115 Å². The number of hydrogen-bond acceptors (Lipinski definition) is 5. The smallest absolute Gasteiger partial charge is 0.257 e. The fraction of sp³-hybridized carbons (Fsp3) is 0.308. The number of amides is 1. The minimum absolute atomic E-state index is 0.164. The predicted molar refractivity (Wildman–Crippen MR) is 76.4 cm³/mol. The molecule has 1 amide bonds. The van der Waals surface area contributed by atoms with E-state index < -0.39 is 0 Å². The lowest BCUT2D eigenvalue weighted by Crippen LogP contribution is -2.15. The third-order valence-electron chi connectivity index (χ3n) is 2.67. The van der Waals surface area contributed by atoms with E-state index in [2.05, 4.69) is 15.5 Å². The molecule has 0 aliphatic rings. The molecule has 0 radical (unpaired) electrons. The summed E-state index contributed by atoms with van der Waals surface area (Å²) >= 11 is 1.40. The molecule has 0 aliphatic heterocycles. The molecule has 0 spiro atoms. The molecule has 0 saturated heterocycles. The molecule has 100 valence electrons. The second-order valence-corrected chi connectivity index (χ2v) is 5.07. The maximum Gasteiger partial charge on any atom is 0.257 e. The summed E-state index contributed by atoms with van der Waals surface area (Å²) in [4.78, 5) is 12.2. The third-order valence-corrected chi connectivity index (χ3v) is 3.65. The molecule has 5 nitrogen and oxygen atoms in total. The van der Waals surface area contributed by atoms with Crippen molar-refractivity contribution < 1.29 is 4.79 Å². The van der Waals surface area contributed by atoms with Crippen molar-refractivity contribution in [3.63, 3.8) is 0 Å². The number of aromatic nitrogens is 2. The monoisotopic (exact) mass is 276 g/mol. The molecule has 1 aromatic heterocycles. The quantitative estimate of drug-likeness (QED) is 0.873. The molecule has 0 atom stereocenters. The van der Waals surface area contributed by atoms with Gasteiger partial charge in [0.2, 0.25) is 5.13 Å². The number of carbonyl (C=O) groups excluding carboxylic acids is 1. The number of anilines is 1. The van der Waals surface area contributed by atoms with Gasteiger partial charge >= 0.3 is 0 Å². The Kier molecular flexibility index (Phi) is 4.59. The second-order valence-electron chi connectivity index (χ2n) is 4.00. The van der Waals surface area contributed by atoms with Crippen molar-refractivity contribution in [1.29, 1.82) is 0 Å². The Bertz CT molecular complexity index is 567. The van der Waals surface area contributed by atoms with Gasteiger partial charge in [-0.2, -0.15) is 0 Å². The first-order valence-corrected chi connectivity index (χ1v) is 6.98. The highest BCUT2D eigenvalue weighted by molar-refractivity contribution is 7.15. The van der Waals surface area contributed by atoms with Gasteiger partial charge in [0.15, 0.2) is 0 Å². The fourth-order valence-electron chi connectivity index (χ4n) is 1.73. The summed E-state index contributed by atoms with van der Waals surface area (Å²) in [5, 5.41) is 12.1. The molecule has 0 saturated carbocycles. The third kappa shape index (κ3) is 3.36. The highest BCUT2D eigenvalue weighted by atomic mass is 32.1. The summed E-state index contributed by atoms with van der Waals surface area (Å²) < 4.78 is 0. The Hall–Kier alpha value is -1.79. The summed E-state index contributed by atoms with van der Waals surface area (Å²) in [6.07, 6.45) is 1.50. The first-order chi connectivity index (χ1) is 9.24. The molecular weight excluding hydrogens is 260 g/mol. The normalized spacial score (nSPS) is 10.4. The van der Waals surface area contributed by atoms with Gasteiger partial charge in [0.25, 0.3) is 5.91 Å². The summed E-state index contributed by atoms with van der Waals surface area (Å²) in [5.41, 5.74) is 7.14. The van der Waals surface area contributed by atoms with E-state index in [9.17, 15) is 4.79 Å². The zero-order chi connectivity index (χ0) is 13.7. The average Bonchev–Trinajstić information content (AvgIpc) is 2.87. The maximum absolute atomic E-state index is 12.2. The van der Waals surface area contributed by atoms with Crippen molar-refractivity contribution in [2.45, 2.75) is 19.8 Å². The van der Waals surface area contributed by atoms with Gasteiger partial charge in [-0.25, -0.2) is 0 Å². The van der Waals surface area contributed by atoms with Crippen molar-refractivity contribution in [1.82, 2.24) is 10.2 Å². The molecule has 1 heterocycles. The summed E-state index contributed by atoms with van der Waals surface area (Å²) in [6, 6.07) is 7.45. The SMILES string of the molecule is CCc1nnc(NC(=O)c2ccccc2CCN)s1. The Morgan fingerprint density at radius 1 is 1.37 bits per heavy atom. The highest BCUT2D eigenvalue weighted by Gasteiger charge is 2.12. The van der Waals surface area contributed by atoms with Crippen molar-refractivity contribution >= 4 is 22.4 Å². The zero-order valence-corrected chi connectivity index (χ0v) is 11.5. The fourth-order valence-corrected chi connectivity index (χ4v) is 2.40. The number of nitrogens with zero attached hydrogens (tertiary/aromatic N) is 2. The highest BCUT2D eigenvalue weighted by Crippen LogP contribution is 2.17. The lowest BCUT2D eigenvalue weighted by molar-refractivity contribution is 0.102. The standard InChI is InChI=1S/C13H16N4OS/c1-2-11-16-17-13(19-11)15-12(18)10-6-4-3-5-9(10)7-8-14/h3-6H,2,7-8,14H2,1H3,(H,15,17,18). The van der Waals surface area contributed by atoms with Crippen LogP contribution in [0.1, 0.15) is 27.9 Å². The van der Waals surface area contributed by atoms with Crippen molar-refractivity contribution in [2.24, 2.45) is 5.73 Å². The lowest BCUT2D eigenvalue weighted by atomic mass is 10.0. The molecule has 3 N–H and O–H groups in total. The van der Waals surface area contributed by atoms with Gasteiger partial charge in [0.05, 0.1) is 0 Å². The largest absolute Gasteiger partial charge is 0.330 e. The van der Waals surface area contributed by atoms with E-state index in [-0.39, 0.29) is 5.91 Å². The number of aryl methyl sites for hydroxylation is 1. The van der Waals surface area contributed by atoms with Crippen LogP contribution in [-0.4, -0.2) is 22.6 Å². The summed E-state index contributed by atoms with van der Waals surface area (Å²) in [7, 11) is 0. The molecule has 19 heavy (non-hydrogen) atoms. The molecule has 1 aromatic carbocycles. The van der Waals surface area contributed by atoms with Crippen LogP contribution in [0.4, 0.5) is 5.13 Å². The van der Waals surface area contributed by atoms with Gasteiger partial charge in [-0.3, -0.25) is 10.1 Å². The van der Waals surface area contributed by atoms with Crippen LogP contribution in [0.2, 0.25) is 0 Å².